The molecule has 0 aliphatic heterocycles. The molecule has 0 unspecified atom stereocenters. The molecule has 0 saturated carbocycles. The molecule has 1 aliphatic carbocycles. The van der Waals surface area contributed by atoms with E-state index in [1.54, 1.807) is 0 Å². The van der Waals surface area contributed by atoms with Gasteiger partial charge in [0.2, 0.25) is 0 Å². The van der Waals surface area contributed by atoms with E-state index in [9.17, 15) is 0 Å². The van der Waals surface area contributed by atoms with Crippen LogP contribution in [-0.4, -0.2) is 0 Å². The van der Waals surface area contributed by atoms with Gasteiger partial charge in [0.05, 0.1) is 0 Å². The average molecular weight is 445 g/mol. The Morgan fingerprint density at radius 1 is 0.821 bits per heavy atom. The van der Waals surface area contributed by atoms with Gasteiger partial charge in [-0.25, -0.2) is 5.57 Å². The Kier molecular flexibility index (Phi) is 10.7. The maximum absolute atomic E-state index is 3.44. The van der Waals surface area contributed by atoms with Crippen LogP contribution < -0.4 is 24.8 Å². The summed E-state index contributed by atoms with van der Waals surface area (Å²) in [6.45, 7) is 10.9. The molecule has 0 atom stereocenters. The summed E-state index contributed by atoms with van der Waals surface area (Å²) in [6.07, 6.45) is 3.44. The third-order valence-corrected chi connectivity index (χ3v) is 5.29. The Balaban J connectivity index is 0.000000503. The van der Waals surface area contributed by atoms with E-state index in [1.165, 1.54) is 38.6 Å². The molecule has 28 heavy (non-hydrogen) atoms. The summed E-state index contributed by atoms with van der Waals surface area (Å²) in [5.41, 5.74) is 6.98. The van der Waals surface area contributed by atoms with Crippen molar-refractivity contribution in [3.05, 3.63) is 89.5 Å². The standard InChI is InChI=1S/C15H11.C10H15.2ClH.Ti/c1-2-6-12(7-3-1)15-10-13-8-4-5-9-14(13)11-15;1-7-6-10(4,5)9(3)8(7)2;;;/h1-11H;1-5H3;2*1H;/q2*-1;;;+4/p-2. The van der Waals surface area contributed by atoms with E-state index in [1.807, 2.05) is 6.07 Å². The van der Waals surface area contributed by atoms with Crippen LogP contribution in [0, 0.1) is 11.5 Å². The van der Waals surface area contributed by atoms with Crippen molar-refractivity contribution in [3.8, 4) is 11.1 Å². The maximum atomic E-state index is 3.44. The Bertz CT molecular complexity index is 914. The summed E-state index contributed by atoms with van der Waals surface area (Å²) < 4.78 is 0. The van der Waals surface area contributed by atoms with E-state index in [0.29, 0.717) is 0 Å². The van der Waals surface area contributed by atoms with Gasteiger partial charge in [0.15, 0.2) is 0 Å². The number of rotatable bonds is 1. The second-order valence-electron chi connectivity index (χ2n) is 7.36. The van der Waals surface area contributed by atoms with Gasteiger partial charge in [-0.3, -0.25) is 6.08 Å². The van der Waals surface area contributed by atoms with Crippen LogP contribution in [-0.2, 0) is 21.7 Å². The monoisotopic (exact) mass is 444 g/mol. The molecule has 3 aromatic carbocycles. The van der Waals surface area contributed by atoms with Gasteiger partial charge in [-0.2, -0.15) is 11.1 Å². The molecule has 144 valence electrons. The minimum absolute atomic E-state index is 0. The first-order valence-corrected chi connectivity index (χ1v) is 8.89. The zero-order valence-corrected chi connectivity index (χ0v) is 20.2. The molecule has 0 N–H and O–H groups in total. The molecule has 0 spiro atoms. The van der Waals surface area contributed by atoms with Crippen molar-refractivity contribution in [2.24, 2.45) is 5.41 Å². The topological polar surface area (TPSA) is 0 Å². The van der Waals surface area contributed by atoms with E-state index < -0.39 is 0 Å². The zero-order valence-electron chi connectivity index (χ0n) is 17.1. The van der Waals surface area contributed by atoms with Crippen LogP contribution in [0.25, 0.3) is 21.9 Å². The van der Waals surface area contributed by atoms with Gasteiger partial charge in [0, 0.05) is 0 Å². The normalized spacial score (nSPS) is 14.1. The molecule has 0 amide bonds. The van der Waals surface area contributed by atoms with Gasteiger partial charge < -0.3 is 24.8 Å². The molecule has 0 nitrogen and oxygen atoms in total. The van der Waals surface area contributed by atoms with E-state index >= 15 is 0 Å². The van der Waals surface area contributed by atoms with Gasteiger partial charge in [-0.1, -0.05) is 87.2 Å². The van der Waals surface area contributed by atoms with Crippen LogP contribution in [0.2, 0.25) is 0 Å². The summed E-state index contributed by atoms with van der Waals surface area (Å²) in [7, 11) is 0. The van der Waals surface area contributed by atoms with Crippen molar-refractivity contribution in [2.45, 2.75) is 34.6 Å². The SMILES string of the molecule is CC1=[C-]C(C)(C)C(C)=C1C.[Cl-].[Cl-].[Ti+4].c1ccc(-c2cc3ccccc3[cH-]2)cc1. The fraction of sp³-hybridized carbons (Fsp3) is 0.240. The molecule has 0 bridgehead atoms. The third-order valence-electron chi connectivity index (χ3n) is 5.29. The largest absolute Gasteiger partial charge is 4.00 e. The number of benzene rings is 2. The van der Waals surface area contributed by atoms with Crippen LogP contribution >= 0.6 is 0 Å². The molecule has 4 rings (SSSR count). The van der Waals surface area contributed by atoms with Crippen molar-refractivity contribution in [1.82, 2.24) is 0 Å². The second-order valence-corrected chi connectivity index (χ2v) is 7.36. The molecule has 0 saturated heterocycles. The Hall–Kier alpha value is -1.18. The molecule has 0 fully saturated rings. The van der Waals surface area contributed by atoms with Crippen LogP contribution in [0.15, 0.2) is 83.4 Å². The number of hydrogen-bond donors (Lipinski definition) is 0. The molecular formula is C25H26Cl2Ti. The van der Waals surface area contributed by atoms with E-state index in [2.05, 4.69) is 101 Å². The van der Waals surface area contributed by atoms with Gasteiger partial charge in [0.1, 0.15) is 0 Å². The fourth-order valence-corrected chi connectivity index (χ4v) is 3.35. The number of halogens is 2. The van der Waals surface area contributed by atoms with Crippen molar-refractivity contribution in [2.75, 3.05) is 0 Å². The molecule has 3 aromatic rings. The minimum Gasteiger partial charge on any atom is -1.00 e. The first kappa shape index (κ1) is 26.8. The van der Waals surface area contributed by atoms with E-state index in [-0.39, 0.29) is 51.9 Å². The van der Waals surface area contributed by atoms with Crippen molar-refractivity contribution in [3.63, 3.8) is 0 Å². The molecule has 0 heterocycles. The van der Waals surface area contributed by atoms with Crippen molar-refractivity contribution in [1.29, 1.82) is 0 Å². The van der Waals surface area contributed by atoms with Crippen LogP contribution in [0.5, 0.6) is 0 Å². The summed E-state index contributed by atoms with van der Waals surface area (Å²) >= 11 is 0. The summed E-state index contributed by atoms with van der Waals surface area (Å²) in [6, 6.07) is 23.4. The first-order chi connectivity index (χ1) is 11.9. The summed E-state index contributed by atoms with van der Waals surface area (Å²) in [5, 5.41) is 2.63. The molecule has 1 aliphatic rings. The second kappa shape index (κ2) is 11.1. The van der Waals surface area contributed by atoms with E-state index in [4.69, 9.17) is 0 Å². The number of hydrogen-bond acceptors (Lipinski definition) is 0. The zero-order chi connectivity index (χ0) is 18.0. The molecule has 0 radical (unpaired) electrons. The quantitative estimate of drug-likeness (QED) is 0.392. The Morgan fingerprint density at radius 2 is 1.39 bits per heavy atom. The fourth-order valence-electron chi connectivity index (χ4n) is 3.35. The van der Waals surface area contributed by atoms with Crippen LogP contribution in [0.1, 0.15) is 34.6 Å². The first-order valence-electron chi connectivity index (χ1n) is 8.89. The minimum atomic E-state index is 0. The Labute approximate surface area is 197 Å². The van der Waals surface area contributed by atoms with Crippen LogP contribution in [0.3, 0.4) is 0 Å². The smallest absolute Gasteiger partial charge is 1.00 e. The maximum Gasteiger partial charge on any atom is 4.00 e. The van der Waals surface area contributed by atoms with Gasteiger partial charge in [-0.15, -0.1) is 41.5 Å². The molecular weight excluding hydrogens is 419 g/mol. The van der Waals surface area contributed by atoms with Gasteiger partial charge in [0.25, 0.3) is 0 Å². The van der Waals surface area contributed by atoms with Crippen molar-refractivity contribution >= 4 is 10.8 Å². The van der Waals surface area contributed by atoms with Gasteiger partial charge >= 0.3 is 21.7 Å². The summed E-state index contributed by atoms with van der Waals surface area (Å²) in [5.74, 6) is 0. The predicted molar refractivity (Wildman–Crippen MR) is 110 cm³/mol. The molecule has 3 heteroatoms. The third kappa shape index (κ3) is 5.91. The number of fused-ring (bicyclic) bond motifs is 1. The van der Waals surface area contributed by atoms with Crippen molar-refractivity contribution < 1.29 is 46.5 Å². The Morgan fingerprint density at radius 3 is 1.86 bits per heavy atom. The van der Waals surface area contributed by atoms with Gasteiger partial charge in [-0.05, 0) is 0 Å². The molecule has 0 aromatic heterocycles. The van der Waals surface area contributed by atoms with Crippen LogP contribution in [0.4, 0.5) is 0 Å². The average Bonchev–Trinajstić information content (AvgIpc) is 3.12. The predicted octanol–water partition coefficient (Wildman–Crippen LogP) is 1.34. The summed E-state index contributed by atoms with van der Waals surface area (Å²) in [4.78, 5) is 0. The number of allylic oxidation sites excluding steroid dienone is 4. The van der Waals surface area contributed by atoms with E-state index in [0.717, 1.165) is 0 Å².